The van der Waals surface area contributed by atoms with E-state index in [0.29, 0.717) is 18.7 Å². The van der Waals surface area contributed by atoms with Crippen LogP contribution in [-0.4, -0.2) is 21.2 Å². The monoisotopic (exact) mass is 359 g/mol. The van der Waals surface area contributed by atoms with Gasteiger partial charge in [-0.05, 0) is 57.9 Å². The van der Waals surface area contributed by atoms with Gasteiger partial charge in [-0.15, -0.1) is 0 Å². The molecule has 0 radical (unpaired) electrons. The van der Waals surface area contributed by atoms with E-state index in [0.717, 1.165) is 23.4 Å². The van der Waals surface area contributed by atoms with Crippen LogP contribution in [0.5, 0.6) is 5.75 Å². The van der Waals surface area contributed by atoms with Crippen molar-refractivity contribution in [1.82, 2.24) is 4.57 Å². The van der Waals surface area contributed by atoms with Crippen LogP contribution in [0.2, 0.25) is 0 Å². The first kappa shape index (κ1) is 20.0. The fraction of sp³-hybridized carbons (Fsp3) is 0.476. The van der Waals surface area contributed by atoms with Crippen LogP contribution < -0.4 is 4.74 Å². The lowest BCUT2D eigenvalue weighted by molar-refractivity contribution is -0.0177. The molecule has 2 aromatic rings. The highest BCUT2D eigenvalue weighted by Crippen LogP contribution is 2.23. The molecule has 0 saturated heterocycles. The zero-order valence-electron chi connectivity index (χ0n) is 16.3. The fourth-order valence-corrected chi connectivity index (χ4v) is 2.78. The highest BCUT2D eigenvalue weighted by atomic mass is 16.5. The quantitative estimate of drug-likeness (QED) is 0.735. The van der Waals surface area contributed by atoms with Crippen LogP contribution >= 0.6 is 0 Å². The van der Waals surface area contributed by atoms with Crippen molar-refractivity contribution in [3.63, 3.8) is 0 Å². The summed E-state index contributed by atoms with van der Waals surface area (Å²) in [4.78, 5) is 11.9. The predicted octanol–water partition coefficient (Wildman–Crippen LogP) is 4.80. The second-order valence-corrected chi connectivity index (χ2v) is 7.47. The zero-order chi connectivity index (χ0) is 19.3. The predicted molar refractivity (Wildman–Crippen MR) is 102 cm³/mol. The molecule has 1 N–H and O–H groups in total. The van der Waals surface area contributed by atoms with Crippen molar-refractivity contribution >= 4 is 5.97 Å². The van der Waals surface area contributed by atoms with Crippen molar-refractivity contribution in [3.05, 3.63) is 52.8 Å². The molecule has 1 aromatic carbocycles. The third-order valence-corrected chi connectivity index (χ3v) is 3.95. The molecule has 5 heteroatoms. The lowest BCUT2D eigenvalue weighted by atomic mass is 10.2. The first-order chi connectivity index (χ1) is 12.2. The van der Waals surface area contributed by atoms with Gasteiger partial charge >= 0.3 is 5.97 Å². The van der Waals surface area contributed by atoms with Crippen LogP contribution in [0.25, 0.3) is 0 Å². The summed E-state index contributed by atoms with van der Waals surface area (Å²) < 4.78 is 13.5. The van der Waals surface area contributed by atoms with Crippen LogP contribution in [0, 0.1) is 6.92 Å². The van der Waals surface area contributed by atoms with Crippen molar-refractivity contribution in [2.24, 2.45) is 0 Å². The van der Waals surface area contributed by atoms with E-state index in [1.165, 1.54) is 0 Å². The van der Waals surface area contributed by atoms with Gasteiger partial charge in [-0.1, -0.05) is 19.1 Å². The molecule has 2 rings (SSSR count). The first-order valence-corrected chi connectivity index (χ1v) is 8.99. The van der Waals surface area contributed by atoms with Gasteiger partial charge < -0.3 is 19.1 Å². The maximum absolute atomic E-state index is 11.9. The van der Waals surface area contributed by atoms with Crippen molar-refractivity contribution in [1.29, 1.82) is 0 Å². The number of benzene rings is 1. The minimum absolute atomic E-state index is 0.213. The van der Waals surface area contributed by atoms with Gasteiger partial charge in [0.2, 0.25) is 0 Å². The van der Waals surface area contributed by atoms with Crippen molar-refractivity contribution in [3.8, 4) is 5.75 Å². The van der Waals surface area contributed by atoms with Gasteiger partial charge in [0.05, 0.1) is 12.2 Å². The third kappa shape index (κ3) is 5.36. The maximum atomic E-state index is 11.9. The number of hydrogen-bond acceptors (Lipinski definition) is 3. The standard InChI is InChI=1S/C21H29NO4/c1-6-10-22-17(14-26-21(3,4)5)12-16(19(22)20(23)24)13-25-18-9-7-8-15(2)11-18/h7-9,11-12H,6,10,13-14H2,1-5H3,(H,23,24). The fourth-order valence-electron chi connectivity index (χ4n) is 2.78. The molecule has 0 aliphatic rings. The molecule has 1 aromatic heterocycles. The smallest absolute Gasteiger partial charge is 0.352 e. The van der Waals surface area contributed by atoms with Gasteiger partial charge in [0.15, 0.2) is 0 Å². The minimum Gasteiger partial charge on any atom is -0.489 e. The molecule has 142 valence electrons. The third-order valence-electron chi connectivity index (χ3n) is 3.95. The molecule has 0 saturated carbocycles. The van der Waals surface area contributed by atoms with E-state index in [9.17, 15) is 9.90 Å². The van der Waals surface area contributed by atoms with Crippen LogP contribution in [0.3, 0.4) is 0 Å². The second kappa shape index (κ2) is 8.41. The normalized spacial score (nSPS) is 11.6. The largest absolute Gasteiger partial charge is 0.489 e. The molecule has 1 heterocycles. The van der Waals surface area contributed by atoms with E-state index in [1.807, 2.05) is 69.5 Å². The Bertz CT molecular complexity index is 756. The Morgan fingerprint density at radius 1 is 1.19 bits per heavy atom. The summed E-state index contributed by atoms with van der Waals surface area (Å²) in [6.45, 7) is 11.2. The summed E-state index contributed by atoms with van der Waals surface area (Å²) in [7, 11) is 0. The van der Waals surface area contributed by atoms with Crippen LogP contribution in [0.4, 0.5) is 0 Å². The Kier molecular flexibility index (Phi) is 6.48. The molecule has 0 unspecified atom stereocenters. The topological polar surface area (TPSA) is 60.7 Å². The molecule has 26 heavy (non-hydrogen) atoms. The molecular formula is C21H29NO4. The van der Waals surface area contributed by atoms with Crippen molar-refractivity contribution in [2.45, 2.75) is 66.4 Å². The molecule has 0 aliphatic carbocycles. The van der Waals surface area contributed by atoms with E-state index in [1.54, 1.807) is 0 Å². The Labute approximate surface area is 155 Å². The summed E-state index contributed by atoms with van der Waals surface area (Å²) in [5, 5.41) is 9.74. The Hall–Kier alpha value is -2.27. The summed E-state index contributed by atoms with van der Waals surface area (Å²) in [5.74, 6) is -0.208. The van der Waals surface area contributed by atoms with E-state index in [-0.39, 0.29) is 17.9 Å². The highest BCUT2D eigenvalue weighted by Gasteiger charge is 2.22. The molecule has 0 bridgehead atoms. The Morgan fingerprint density at radius 3 is 2.50 bits per heavy atom. The summed E-state index contributed by atoms with van der Waals surface area (Å²) in [6.07, 6.45) is 0.843. The molecule has 0 atom stereocenters. The van der Waals surface area contributed by atoms with Crippen LogP contribution in [-0.2, 0) is 24.5 Å². The van der Waals surface area contributed by atoms with Crippen LogP contribution in [0.15, 0.2) is 30.3 Å². The van der Waals surface area contributed by atoms with Crippen molar-refractivity contribution < 1.29 is 19.4 Å². The SMILES string of the molecule is CCCn1c(COC(C)(C)C)cc(COc2cccc(C)c2)c1C(=O)O. The molecular weight excluding hydrogens is 330 g/mol. The average molecular weight is 359 g/mol. The van der Waals surface area contributed by atoms with E-state index in [2.05, 4.69) is 0 Å². The summed E-state index contributed by atoms with van der Waals surface area (Å²) in [5.41, 5.74) is 2.63. The molecule has 0 fully saturated rings. The molecule has 5 nitrogen and oxygen atoms in total. The number of aromatic nitrogens is 1. The second-order valence-electron chi connectivity index (χ2n) is 7.47. The Morgan fingerprint density at radius 2 is 1.92 bits per heavy atom. The van der Waals surface area contributed by atoms with Gasteiger partial charge in [-0.25, -0.2) is 4.79 Å². The van der Waals surface area contributed by atoms with Crippen molar-refractivity contribution in [2.75, 3.05) is 0 Å². The van der Waals surface area contributed by atoms with Crippen LogP contribution in [0.1, 0.15) is 61.4 Å². The van der Waals surface area contributed by atoms with Gasteiger partial charge in [0, 0.05) is 17.8 Å². The van der Waals surface area contributed by atoms with E-state index < -0.39 is 5.97 Å². The number of hydrogen-bond donors (Lipinski definition) is 1. The van der Waals surface area contributed by atoms with Gasteiger partial charge in [-0.2, -0.15) is 0 Å². The number of aromatic carboxylic acids is 1. The molecule has 0 spiro atoms. The number of nitrogens with zero attached hydrogens (tertiary/aromatic N) is 1. The maximum Gasteiger partial charge on any atom is 0.352 e. The number of aryl methyl sites for hydroxylation is 1. The molecule has 0 amide bonds. The number of carboxylic acids is 1. The number of ether oxygens (including phenoxy) is 2. The number of rotatable bonds is 8. The van der Waals surface area contributed by atoms with Gasteiger partial charge in [0.1, 0.15) is 18.1 Å². The number of carboxylic acid groups (broad SMARTS) is 1. The summed E-state index contributed by atoms with van der Waals surface area (Å²) >= 11 is 0. The highest BCUT2D eigenvalue weighted by molar-refractivity contribution is 5.88. The lowest BCUT2D eigenvalue weighted by Gasteiger charge is -2.20. The zero-order valence-corrected chi connectivity index (χ0v) is 16.3. The molecule has 0 aliphatic heterocycles. The first-order valence-electron chi connectivity index (χ1n) is 8.99. The lowest BCUT2D eigenvalue weighted by Crippen LogP contribution is -2.20. The van der Waals surface area contributed by atoms with Gasteiger partial charge in [0.25, 0.3) is 0 Å². The van der Waals surface area contributed by atoms with E-state index >= 15 is 0 Å². The number of carbonyl (C=O) groups is 1. The average Bonchev–Trinajstić information content (AvgIpc) is 2.89. The summed E-state index contributed by atoms with van der Waals surface area (Å²) in [6, 6.07) is 9.62. The van der Waals surface area contributed by atoms with Gasteiger partial charge in [-0.3, -0.25) is 0 Å². The minimum atomic E-state index is -0.941. The van der Waals surface area contributed by atoms with E-state index in [4.69, 9.17) is 9.47 Å². The Balaban J connectivity index is 2.29.